The first kappa shape index (κ1) is 26.3. The molecule has 0 amide bonds. The van der Waals surface area contributed by atoms with Gasteiger partial charge in [0.2, 0.25) is 0 Å². The van der Waals surface area contributed by atoms with Crippen LogP contribution in [0.3, 0.4) is 0 Å². The van der Waals surface area contributed by atoms with Crippen molar-refractivity contribution in [1.29, 1.82) is 0 Å². The first-order valence-corrected chi connectivity index (χ1v) is 12.8. The number of nitrogens with zero attached hydrogens (tertiary/aromatic N) is 6. The third-order valence-corrected chi connectivity index (χ3v) is 6.82. The van der Waals surface area contributed by atoms with E-state index in [1.54, 1.807) is 16.4 Å². The first-order chi connectivity index (χ1) is 18.9. The van der Waals surface area contributed by atoms with Crippen LogP contribution in [0.5, 0.6) is 0 Å². The molecule has 0 aliphatic rings. The molecule has 0 radical (unpaired) electrons. The van der Waals surface area contributed by atoms with Gasteiger partial charge in [-0.25, -0.2) is 19.6 Å². The van der Waals surface area contributed by atoms with Gasteiger partial charge in [0.1, 0.15) is 25.3 Å². The summed E-state index contributed by atoms with van der Waals surface area (Å²) < 4.78 is 8.54. The second kappa shape index (κ2) is 11.2. The fourth-order valence-electron chi connectivity index (χ4n) is 4.48. The Balaban J connectivity index is 1.73. The van der Waals surface area contributed by atoms with E-state index in [9.17, 15) is 4.79 Å². The Hall–Kier alpha value is -4.32. The van der Waals surface area contributed by atoms with Gasteiger partial charge < -0.3 is 4.74 Å². The van der Waals surface area contributed by atoms with Crippen molar-refractivity contribution in [3.63, 3.8) is 0 Å². The Labute approximate surface area is 231 Å². The summed E-state index contributed by atoms with van der Waals surface area (Å²) >= 11 is 6.12. The van der Waals surface area contributed by atoms with Crippen LogP contribution in [0, 0.1) is 18.8 Å². The molecule has 39 heavy (non-hydrogen) atoms. The van der Waals surface area contributed by atoms with E-state index in [1.807, 2.05) is 69.3 Å². The standard InChI is InChI=1S/C30H27ClN6O2/c1-5-19(2)28-26-20(3)32-18-33-29(26)37(35-28)17-25-34-24-10-6-8-22(9-7-15-39-4)27(24)30(38)36(25)16-21-11-13-23(31)14-12-21/h5-6,8,10-14,18H,15-17H2,1-4H3/b19-5+. The second-order valence-corrected chi connectivity index (χ2v) is 9.55. The lowest BCUT2D eigenvalue weighted by atomic mass is 10.1. The third-order valence-electron chi connectivity index (χ3n) is 6.57. The van der Waals surface area contributed by atoms with Crippen molar-refractivity contribution in [3.05, 3.63) is 98.6 Å². The van der Waals surface area contributed by atoms with Crippen LogP contribution >= 0.6 is 11.6 Å². The molecule has 0 saturated heterocycles. The number of fused-ring (bicyclic) bond motifs is 2. The summed E-state index contributed by atoms with van der Waals surface area (Å²) in [4.78, 5) is 28.0. The Morgan fingerprint density at radius 2 is 1.90 bits per heavy atom. The number of allylic oxidation sites excluding steroid dienone is 2. The van der Waals surface area contributed by atoms with E-state index in [4.69, 9.17) is 26.4 Å². The van der Waals surface area contributed by atoms with E-state index in [0.717, 1.165) is 27.9 Å². The quantitative estimate of drug-likeness (QED) is 0.282. The smallest absolute Gasteiger partial charge is 0.263 e. The molecule has 0 aliphatic heterocycles. The highest BCUT2D eigenvalue weighted by molar-refractivity contribution is 6.30. The van der Waals surface area contributed by atoms with Gasteiger partial charge in [-0.15, -0.1) is 0 Å². The molecule has 3 aromatic heterocycles. The molecular weight excluding hydrogens is 512 g/mol. The van der Waals surface area contributed by atoms with E-state index in [-0.39, 0.29) is 18.7 Å². The van der Waals surface area contributed by atoms with Crippen LogP contribution in [0.4, 0.5) is 0 Å². The molecule has 0 bridgehead atoms. The fourth-order valence-corrected chi connectivity index (χ4v) is 4.61. The number of ether oxygens (including phenoxy) is 1. The van der Waals surface area contributed by atoms with Crippen molar-refractivity contribution in [2.24, 2.45) is 0 Å². The molecule has 0 spiro atoms. The molecule has 0 aliphatic carbocycles. The Morgan fingerprint density at radius 3 is 2.64 bits per heavy atom. The Kier molecular flexibility index (Phi) is 7.55. The Bertz CT molecular complexity index is 1840. The van der Waals surface area contributed by atoms with Crippen molar-refractivity contribution in [2.75, 3.05) is 13.7 Å². The molecule has 196 valence electrons. The minimum atomic E-state index is -0.181. The van der Waals surface area contributed by atoms with Crippen molar-refractivity contribution < 1.29 is 4.74 Å². The minimum Gasteiger partial charge on any atom is -0.372 e. The van der Waals surface area contributed by atoms with Gasteiger partial charge in [-0.05, 0) is 56.2 Å². The lowest BCUT2D eigenvalue weighted by molar-refractivity contribution is 0.240. The lowest BCUT2D eigenvalue weighted by Gasteiger charge is -2.15. The summed E-state index contributed by atoms with van der Waals surface area (Å²) in [5.41, 5.74) is 5.27. The summed E-state index contributed by atoms with van der Waals surface area (Å²) in [7, 11) is 1.58. The maximum Gasteiger partial charge on any atom is 0.263 e. The average Bonchev–Trinajstić information content (AvgIpc) is 3.31. The normalized spacial score (nSPS) is 11.7. The molecule has 0 atom stereocenters. The van der Waals surface area contributed by atoms with E-state index < -0.39 is 0 Å². The number of methoxy groups -OCH3 is 1. The topological polar surface area (TPSA) is 87.7 Å². The van der Waals surface area contributed by atoms with Crippen LogP contribution in [0.1, 0.15) is 42.2 Å². The highest BCUT2D eigenvalue weighted by atomic mass is 35.5. The van der Waals surface area contributed by atoms with Gasteiger partial charge in [0.05, 0.1) is 34.2 Å². The lowest BCUT2D eigenvalue weighted by Crippen LogP contribution is -2.28. The van der Waals surface area contributed by atoms with Crippen LogP contribution in [0.2, 0.25) is 5.02 Å². The van der Waals surface area contributed by atoms with Gasteiger partial charge in [-0.1, -0.05) is 47.7 Å². The predicted molar refractivity (Wildman–Crippen MR) is 154 cm³/mol. The summed E-state index contributed by atoms with van der Waals surface area (Å²) in [5.74, 6) is 6.56. The van der Waals surface area contributed by atoms with Gasteiger partial charge >= 0.3 is 0 Å². The molecular formula is C30H27ClN6O2. The van der Waals surface area contributed by atoms with E-state index in [1.165, 1.54) is 6.33 Å². The second-order valence-electron chi connectivity index (χ2n) is 9.12. The third kappa shape index (κ3) is 5.19. The van der Waals surface area contributed by atoms with E-state index in [0.29, 0.717) is 39.5 Å². The number of halogens is 1. The maximum atomic E-state index is 14.1. The number of hydrogen-bond acceptors (Lipinski definition) is 6. The van der Waals surface area contributed by atoms with Crippen molar-refractivity contribution >= 4 is 39.1 Å². The molecule has 8 nitrogen and oxygen atoms in total. The molecule has 5 rings (SSSR count). The zero-order valence-electron chi connectivity index (χ0n) is 22.2. The highest BCUT2D eigenvalue weighted by Gasteiger charge is 2.19. The molecule has 0 saturated carbocycles. The number of aryl methyl sites for hydroxylation is 1. The van der Waals surface area contributed by atoms with Gasteiger partial charge in [0, 0.05) is 17.7 Å². The van der Waals surface area contributed by atoms with E-state index >= 15 is 0 Å². The predicted octanol–water partition coefficient (Wildman–Crippen LogP) is 5.02. The van der Waals surface area contributed by atoms with Gasteiger partial charge in [-0.2, -0.15) is 5.10 Å². The van der Waals surface area contributed by atoms with Crippen LogP contribution in [0.15, 0.2) is 59.7 Å². The first-order valence-electron chi connectivity index (χ1n) is 12.5. The van der Waals surface area contributed by atoms with Crippen LogP contribution in [-0.2, 0) is 17.8 Å². The summed E-state index contributed by atoms with van der Waals surface area (Å²) in [5, 5.41) is 6.87. The number of hydrogen-bond donors (Lipinski definition) is 0. The summed E-state index contributed by atoms with van der Waals surface area (Å²) in [6.07, 6.45) is 3.54. The number of rotatable bonds is 6. The maximum absolute atomic E-state index is 14.1. The average molecular weight is 539 g/mol. The van der Waals surface area contributed by atoms with E-state index in [2.05, 4.69) is 21.8 Å². The SMILES string of the molecule is C/C=C(\C)c1nn(Cc2nc3cccc(C#CCOC)c3c(=O)n2Cc2ccc(Cl)cc2)c2ncnc(C)c12. The summed E-state index contributed by atoms with van der Waals surface area (Å²) in [6.45, 7) is 6.74. The van der Waals surface area contributed by atoms with Crippen LogP contribution < -0.4 is 5.56 Å². The molecule has 5 aromatic rings. The molecule has 0 fully saturated rings. The van der Waals surface area contributed by atoms with Crippen molar-refractivity contribution in [2.45, 2.75) is 33.9 Å². The van der Waals surface area contributed by atoms with Crippen LogP contribution in [0.25, 0.3) is 27.5 Å². The molecule has 9 heteroatoms. The zero-order chi connectivity index (χ0) is 27.5. The van der Waals surface area contributed by atoms with Crippen LogP contribution in [-0.4, -0.2) is 43.0 Å². The molecule has 0 unspecified atom stereocenters. The van der Waals surface area contributed by atoms with Crippen molar-refractivity contribution in [3.8, 4) is 11.8 Å². The summed E-state index contributed by atoms with van der Waals surface area (Å²) in [6, 6.07) is 12.9. The highest BCUT2D eigenvalue weighted by Crippen LogP contribution is 2.26. The molecule has 2 aromatic carbocycles. The zero-order valence-corrected chi connectivity index (χ0v) is 23.0. The van der Waals surface area contributed by atoms with Gasteiger partial charge in [-0.3, -0.25) is 9.36 Å². The van der Waals surface area contributed by atoms with Gasteiger partial charge in [0.25, 0.3) is 5.56 Å². The molecule has 0 N–H and O–H groups in total. The largest absolute Gasteiger partial charge is 0.372 e. The monoisotopic (exact) mass is 538 g/mol. The Morgan fingerprint density at radius 1 is 1.10 bits per heavy atom. The van der Waals surface area contributed by atoms with Gasteiger partial charge in [0.15, 0.2) is 5.65 Å². The van der Waals surface area contributed by atoms with Crippen molar-refractivity contribution in [1.82, 2.24) is 29.3 Å². The molecule has 3 heterocycles. The number of aromatic nitrogens is 6. The minimum absolute atomic E-state index is 0.181. The fraction of sp³-hybridized carbons (Fsp3) is 0.233. The number of benzene rings is 2.